The molecule has 0 atom stereocenters. The van der Waals surface area contributed by atoms with Crippen molar-refractivity contribution < 1.29 is 9.53 Å². The molecule has 0 aliphatic rings. The number of imidazole rings is 1. The van der Waals surface area contributed by atoms with E-state index in [1.54, 1.807) is 0 Å². The number of esters is 1. The molecule has 0 unspecified atom stereocenters. The first-order chi connectivity index (χ1) is 10.5. The Morgan fingerprint density at radius 2 is 1.95 bits per heavy atom. The first-order valence-electron chi connectivity index (χ1n) is 6.30. The second-order valence-electron chi connectivity index (χ2n) is 4.53. The number of aromatic amines is 1. The minimum absolute atomic E-state index is 0.131. The quantitative estimate of drug-likeness (QED) is 0.259. The van der Waals surface area contributed by atoms with Gasteiger partial charge in [0.05, 0.1) is 16.6 Å². The van der Waals surface area contributed by atoms with E-state index in [1.165, 1.54) is 0 Å². The first kappa shape index (κ1) is 16.4. The fourth-order valence-corrected chi connectivity index (χ4v) is 4.37. The summed E-state index contributed by atoms with van der Waals surface area (Å²) >= 11 is 6.58. The van der Waals surface area contributed by atoms with Crippen molar-refractivity contribution in [1.29, 1.82) is 0 Å². The Kier molecular flexibility index (Phi) is 5.22. The smallest absolute Gasteiger partial charge is 0.339 e. The van der Waals surface area contributed by atoms with Crippen LogP contribution in [0, 0.1) is 10.7 Å². The summed E-state index contributed by atoms with van der Waals surface area (Å²) in [7, 11) is 0. The molecule has 0 saturated carbocycles. The van der Waals surface area contributed by atoms with Crippen molar-refractivity contribution in [2.75, 3.05) is 0 Å². The van der Waals surface area contributed by atoms with Gasteiger partial charge in [0.15, 0.2) is 0 Å². The first-order valence-corrected chi connectivity index (χ1v) is 9.53. The van der Waals surface area contributed by atoms with Crippen molar-refractivity contribution >= 4 is 84.8 Å². The van der Waals surface area contributed by atoms with Gasteiger partial charge in [0.25, 0.3) is 0 Å². The van der Waals surface area contributed by atoms with Crippen LogP contribution in [0.15, 0.2) is 36.4 Å². The van der Waals surface area contributed by atoms with Crippen molar-refractivity contribution in [3.63, 3.8) is 0 Å². The number of carbonyl (C=O) groups excluding carboxylic acids is 1. The van der Waals surface area contributed by atoms with Gasteiger partial charge in [-0.2, -0.15) is 0 Å². The Balaban J connectivity index is 1.77. The Morgan fingerprint density at radius 1 is 1.18 bits per heavy atom. The highest BCUT2D eigenvalue weighted by Gasteiger charge is 2.16. The van der Waals surface area contributed by atoms with E-state index in [4.69, 9.17) is 4.74 Å². The zero-order chi connectivity index (χ0) is 15.7. The van der Waals surface area contributed by atoms with Crippen molar-refractivity contribution in [2.45, 2.75) is 6.61 Å². The summed E-state index contributed by atoms with van der Waals surface area (Å²) in [5, 5.41) is 0. The van der Waals surface area contributed by atoms with E-state index in [2.05, 4.69) is 77.7 Å². The van der Waals surface area contributed by atoms with Gasteiger partial charge in [0.1, 0.15) is 12.4 Å². The molecular weight excluding hydrogens is 621 g/mol. The summed E-state index contributed by atoms with van der Waals surface area (Å²) in [6, 6.07) is 11.6. The maximum atomic E-state index is 12.3. The summed E-state index contributed by atoms with van der Waals surface area (Å²) in [4.78, 5) is 19.8. The average molecular weight is 630 g/mol. The van der Waals surface area contributed by atoms with Crippen molar-refractivity contribution in [2.24, 2.45) is 0 Å². The van der Waals surface area contributed by atoms with Gasteiger partial charge >= 0.3 is 5.97 Å². The maximum Gasteiger partial charge on any atom is 0.339 e. The van der Waals surface area contributed by atoms with Crippen LogP contribution in [0.5, 0.6) is 0 Å². The van der Waals surface area contributed by atoms with Crippen LogP contribution in [-0.4, -0.2) is 15.9 Å². The number of para-hydroxylation sites is 2. The van der Waals surface area contributed by atoms with E-state index >= 15 is 0 Å². The number of hydrogen-bond donors (Lipinski definition) is 1. The summed E-state index contributed by atoms with van der Waals surface area (Å²) < 4.78 is 8.36. The number of H-pyrrole nitrogens is 1. The van der Waals surface area contributed by atoms with Crippen LogP contribution in [0.2, 0.25) is 0 Å². The number of nitrogens with one attached hydrogen (secondary N) is 1. The van der Waals surface area contributed by atoms with Gasteiger partial charge in [0, 0.05) is 10.7 Å². The molecule has 0 saturated heterocycles. The SMILES string of the molecule is O=C(OCc1nc2ccccc2[nH]1)c1cc(I)cc(I)c1I. The van der Waals surface area contributed by atoms with Crippen LogP contribution >= 0.6 is 67.8 Å². The molecular formula is C15H9I3N2O2. The van der Waals surface area contributed by atoms with Crippen molar-refractivity contribution in [3.8, 4) is 0 Å². The zero-order valence-electron chi connectivity index (χ0n) is 11.1. The van der Waals surface area contributed by atoms with E-state index in [-0.39, 0.29) is 12.6 Å². The van der Waals surface area contributed by atoms with Crippen LogP contribution in [-0.2, 0) is 11.3 Å². The fraction of sp³-hybridized carbons (Fsp3) is 0.0667. The number of halogens is 3. The number of benzene rings is 2. The van der Waals surface area contributed by atoms with Gasteiger partial charge in [-0.1, -0.05) is 12.1 Å². The molecule has 3 aromatic rings. The van der Waals surface area contributed by atoms with E-state index in [0.29, 0.717) is 11.4 Å². The van der Waals surface area contributed by atoms with Crippen LogP contribution in [0.25, 0.3) is 11.0 Å². The van der Waals surface area contributed by atoms with Gasteiger partial charge in [-0.25, -0.2) is 9.78 Å². The zero-order valence-corrected chi connectivity index (χ0v) is 17.5. The standard InChI is InChI=1S/C15H9I3N2O2/c16-8-5-9(14(18)10(17)6-8)15(21)22-7-13-19-11-3-1-2-4-12(11)20-13/h1-6H,7H2,(H,19,20). The molecule has 1 N–H and O–H groups in total. The summed E-state index contributed by atoms with van der Waals surface area (Å²) in [6.45, 7) is 0.131. The molecule has 0 radical (unpaired) electrons. The molecule has 1 heterocycles. The second-order valence-corrected chi connectivity index (χ2v) is 8.01. The topological polar surface area (TPSA) is 55.0 Å². The highest BCUT2D eigenvalue weighted by molar-refractivity contribution is 14.1. The fourth-order valence-electron chi connectivity index (χ4n) is 1.99. The van der Waals surface area contributed by atoms with Gasteiger partial charge in [-0.05, 0) is 92.0 Å². The molecule has 0 aliphatic carbocycles. The molecule has 112 valence electrons. The highest BCUT2D eigenvalue weighted by Crippen LogP contribution is 2.23. The summed E-state index contributed by atoms with van der Waals surface area (Å²) in [5.41, 5.74) is 2.40. The van der Waals surface area contributed by atoms with Crippen LogP contribution < -0.4 is 0 Å². The monoisotopic (exact) mass is 630 g/mol. The van der Waals surface area contributed by atoms with Crippen molar-refractivity contribution in [3.05, 3.63) is 58.5 Å². The molecule has 2 aromatic carbocycles. The molecule has 0 aliphatic heterocycles. The third-order valence-corrected chi connectivity index (χ3v) is 6.66. The molecule has 1 aromatic heterocycles. The highest BCUT2D eigenvalue weighted by atomic mass is 127. The molecule has 22 heavy (non-hydrogen) atoms. The lowest BCUT2D eigenvalue weighted by Gasteiger charge is -2.07. The number of fused-ring (bicyclic) bond motifs is 1. The van der Waals surface area contributed by atoms with E-state index in [9.17, 15) is 4.79 Å². The Hall–Kier alpha value is -0.430. The third kappa shape index (κ3) is 3.55. The lowest BCUT2D eigenvalue weighted by atomic mass is 10.2. The predicted molar refractivity (Wildman–Crippen MR) is 110 cm³/mol. The van der Waals surface area contributed by atoms with E-state index in [1.807, 2.05) is 36.4 Å². The van der Waals surface area contributed by atoms with Crippen LogP contribution in [0.1, 0.15) is 16.2 Å². The molecule has 0 fully saturated rings. The number of rotatable bonds is 3. The minimum atomic E-state index is -0.332. The largest absolute Gasteiger partial charge is 0.454 e. The predicted octanol–water partition coefficient (Wildman–Crippen LogP) is 4.73. The number of ether oxygens (including phenoxy) is 1. The van der Waals surface area contributed by atoms with Crippen LogP contribution in [0.4, 0.5) is 0 Å². The molecule has 3 rings (SSSR count). The van der Waals surface area contributed by atoms with Gasteiger partial charge in [-0.15, -0.1) is 0 Å². The molecule has 0 bridgehead atoms. The van der Waals surface area contributed by atoms with Gasteiger partial charge < -0.3 is 9.72 Å². The van der Waals surface area contributed by atoms with Crippen LogP contribution in [0.3, 0.4) is 0 Å². The summed E-state index contributed by atoms with van der Waals surface area (Å²) in [6.07, 6.45) is 0. The lowest BCUT2D eigenvalue weighted by Crippen LogP contribution is -2.09. The van der Waals surface area contributed by atoms with Gasteiger partial charge in [0.2, 0.25) is 0 Å². The van der Waals surface area contributed by atoms with E-state index < -0.39 is 0 Å². The number of hydrogen-bond acceptors (Lipinski definition) is 3. The molecule has 0 spiro atoms. The molecule has 4 nitrogen and oxygen atoms in total. The third-order valence-electron chi connectivity index (χ3n) is 2.99. The minimum Gasteiger partial charge on any atom is -0.454 e. The average Bonchev–Trinajstić information content (AvgIpc) is 2.91. The Bertz CT molecular complexity index is 828. The molecule has 0 amide bonds. The van der Waals surface area contributed by atoms with Gasteiger partial charge in [-0.3, -0.25) is 0 Å². The molecule has 7 heteroatoms. The maximum absolute atomic E-state index is 12.3. The van der Waals surface area contributed by atoms with Crippen molar-refractivity contribution in [1.82, 2.24) is 9.97 Å². The number of nitrogens with zero attached hydrogens (tertiary/aromatic N) is 1. The lowest BCUT2D eigenvalue weighted by molar-refractivity contribution is 0.0462. The Labute approximate surface area is 167 Å². The number of aromatic nitrogens is 2. The number of carbonyl (C=O) groups is 1. The summed E-state index contributed by atoms with van der Waals surface area (Å²) in [5.74, 6) is 0.311. The normalized spacial score (nSPS) is 10.9. The Morgan fingerprint density at radius 3 is 2.73 bits per heavy atom. The second kappa shape index (κ2) is 6.99. The van der Waals surface area contributed by atoms with E-state index in [0.717, 1.165) is 21.7 Å².